The Hall–Kier alpha value is -1.63. The molecule has 7 heteroatoms. The van der Waals surface area contributed by atoms with E-state index in [0.717, 1.165) is 11.7 Å². The summed E-state index contributed by atoms with van der Waals surface area (Å²) in [6.45, 7) is 2.66. The van der Waals surface area contributed by atoms with Gasteiger partial charge in [0.1, 0.15) is 17.8 Å². The maximum Gasteiger partial charge on any atom is 0.191 e. The molecule has 0 aliphatic heterocycles. The van der Waals surface area contributed by atoms with Gasteiger partial charge in [-0.2, -0.15) is 13.8 Å². The second-order valence-corrected chi connectivity index (χ2v) is 3.44. The van der Waals surface area contributed by atoms with E-state index in [4.69, 9.17) is 0 Å². The molecule has 2 aromatic rings. The molecule has 78 valence electrons. The van der Waals surface area contributed by atoms with Crippen LogP contribution in [0.5, 0.6) is 0 Å². The lowest BCUT2D eigenvalue weighted by Gasteiger charge is -1.99. The molecule has 0 atom stereocenters. The van der Waals surface area contributed by atoms with Crippen molar-refractivity contribution >= 4 is 17.5 Å². The van der Waals surface area contributed by atoms with Gasteiger partial charge in [0.2, 0.25) is 0 Å². The maximum absolute atomic E-state index is 11.7. The number of aromatic nitrogens is 5. The predicted molar refractivity (Wildman–Crippen MR) is 53.6 cm³/mol. The lowest BCUT2D eigenvalue weighted by Crippen LogP contribution is -2.10. The molecule has 0 N–H and O–H groups in total. The summed E-state index contributed by atoms with van der Waals surface area (Å²) in [4.78, 5) is 15.7. The Labute approximate surface area is 90.3 Å². The van der Waals surface area contributed by atoms with Crippen LogP contribution in [0, 0.1) is 0 Å². The summed E-state index contributed by atoms with van der Waals surface area (Å²) in [5, 5.41) is 3.99. The summed E-state index contributed by atoms with van der Waals surface area (Å²) in [7, 11) is 0. The van der Waals surface area contributed by atoms with E-state index in [-0.39, 0.29) is 12.2 Å². The van der Waals surface area contributed by atoms with Crippen LogP contribution in [0.15, 0.2) is 12.5 Å². The van der Waals surface area contributed by atoms with Gasteiger partial charge in [-0.1, -0.05) is 0 Å². The largest absolute Gasteiger partial charge is 0.292 e. The second kappa shape index (κ2) is 4.26. The van der Waals surface area contributed by atoms with Crippen molar-refractivity contribution in [2.75, 3.05) is 0 Å². The van der Waals surface area contributed by atoms with Crippen LogP contribution < -0.4 is 0 Å². The molecule has 2 heterocycles. The van der Waals surface area contributed by atoms with Gasteiger partial charge in [0, 0.05) is 6.54 Å². The van der Waals surface area contributed by atoms with Crippen molar-refractivity contribution in [2.45, 2.75) is 19.9 Å². The first-order valence-corrected chi connectivity index (χ1v) is 5.21. The molecule has 0 aromatic carbocycles. The molecule has 0 radical (unpaired) electrons. The van der Waals surface area contributed by atoms with E-state index in [1.807, 2.05) is 6.92 Å². The van der Waals surface area contributed by atoms with Gasteiger partial charge >= 0.3 is 0 Å². The molecule has 0 saturated heterocycles. The van der Waals surface area contributed by atoms with Crippen LogP contribution in [0.3, 0.4) is 0 Å². The Morgan fingerprint density at radius 2 is 2.47 bits per heavy atom. The van der Waals surface area contributed by atoms with Gasteiger partial charge in [0.05, 0.1) is 24.3 Å². The molecule has 0 unspecified atom stereocenters. The minimum atomic E-state index is -0.0774. The summed E-state index contributed by atoms with van der Waals surface area (Å²) in [6.07, 6.45) is 3.14. The van der Waals surface area contributed by atoms with E-state index in [1.54, 1.807) is 4.68 Å². The zero-order valence-electron chi connectivity index (χ0n) is 8.12. The molecule has 0 aliphatic carbocycles. The molecular formula is C8H9N5OS. The minimum absolute atomic E-state index is 0.0774. The van der Waals surface area contributed by atoms with Crippen molar-refractivity contribution in [2.24, 2.45) is 0 Å². The highest BCUT2D eigenvalue weighted by atomic mass is 32.1. The number of hydrogen-bond donors (Lipinski definition) is 0. The summed E-state index contributed by atoms with van der Waals surface area (Å²) in [5.74, 6) is 0.585. The molecule has 15 heavy (non-hydrogen) atoms. The zero-order chi connectivity index (χ0) is 10.7. The van der Waals surface area contributed by atoms with Crippen LogP contribution in [-0.2, 0) is 13.0 Å². The van der Waals surface area contributed by atoms with E-state index in [1.165, 1.54) is 12.5 Å². The Morgan fingerprint density at radius 3 is 3.13 bits per heavy atom. The van der Waals surface area contributed by atoms with E-state index >= 15 is 0 Å². The highest BCUT2D eigenvalue weighted by Crippen LogP contribution is 2.03. The van der Waals surface area contributed by atoms with Crippen molar-refractivity contribution in [1.29, 1.82) is 0 Å². The van der Waals surface area contributed by atoms with Crippen molar-refractivity contribution in [3.05, 3.63) is 24.0 Å². The molecular weight excluding hydrogens is 214 g/mol. The van der Waals surface area contributed by atoms with Gasteiger partial charge in [-0.25, -0.2) is 9.67 Å². The predicted octanol–water partition coefficient (Wildman–Crippen LogP) is 0.575. The topological polar surface area (TPSA) is 73.6 Å². The number of hydrogen-bond acceptors (Lipinski definition) is 6. The standard InChI is InChI=1S/C8H9N5OS/c1-2-13-8(9-5-10-13)3-7(14)6-4-11-15-12-6/h4-5H,2-3H2,1H3. The quantitative estimate of drug-likeness (QED) is 0.709. The molecule has 0 aliphatic rings. The number of rotatable bonds is 4. The van der Waals surface area contributed by atoms with Gasteiger partial charge in [-0.3, -0.25) is 4.79 Å². The molecule has 0 spiro atoms. The first-order chi connectivity index (χ1) is 7.31. The number of ketones is 1. The average Bonchev–Trinajstić information content (AvgIpc) is 2.87. The molecule has 2 aromatic heterocycles. The van der Waals surface area contributed by atoms with E-state index in [9.17, 15) is 4.79 Å². The smallest absolute Gasteiger partial charge is 0.191 e. The molecule has 0 bridgehead atoms. The number of carbonyl (C=O) groups excluding carboxylic acids is 1. The van der Waals surface area contributed by atoms with Crippen LogP contribution in [-0.4, -0.2) is 29.3 Å². The van der Waals surface area contributed by atoms with Gasteiger partial charge < -0.3 is 0 Å². The highest BCUT2D eigenvalue weighted by molar-refractivity contribution is 6.99. The zero-order valence-corrected chi connectivity index (χ0v) is 8.94. The normalized spacial score (nSPS) is 10.5. The number of aryl methyl sites for hydroxylation is 1. The Morgan fingerprint density at radius 1 is 1.60 bits per heavy atom. The van der Waals surface area contributed by atoms with E-state index < -0.39 is 0 Å². The van der Waals surface area contributed by atoms with E-state index in [0.29, 0.717) is 18.1 Å². The highest BCUT2D eigenvalue weighted by Gasteiger charge is 2.13. The van der Waals surface area contributed by atoms with Gasteiger partial charge in [-0.05, 0) is 6.92 Å². The molecule has 6 nitrogen and oxygen atoms in total. The lowest BCUT2D eigenvalue weighted by molar-refractivity contribution is 0.0985. The summed E-state index contributed by atoms with van der Waals surface area (Å²) in [6, 6.07) is 0. The van der Waals surface area contributed by atoms with Crippen LogP contribution in [0.2, 0.25) is 0 Å². The molecule has 0 saturated carbocycles. The summed E-state index contributed by atoms with van der Waals surface area (Å²) >= 11 is 1.03. The van der Waals surface area contributed by atoms with Crippen LogP contribution in [0.25, 0.3) is 0 Å². The van der Waals surface area contributed by atoms with Crippen molar-refractivity contribution in [3.63, 3.8) is 0 Å². The van der Waals surface area contributed by atoms with Gasteiger partial charge in [-0.15, -0.1) is 0 Å². The Bertz CT molecular complexity index is 449. The fourth-order valence-electron chi connectivity index (χ4n) is 1.21. The number of Topliss-reactive ketones (excluding diaryl/α,β-unsaturated/α-hetero) is 1. The van der Waals surface area contributed by atoms with Crippen molar-refractivity contribution in [3.8, 4) is 0 Å². The van der Waals surface area contributed by atoms with Crippen LogP contribution in [0.1, 0.15) is 23.2 Å². The van der Waals surface area contributed by atoms with Crippen molar-refractivity contribution in [1.82, 2.24) is 23.5 Å². The summed E-state index contributed by atoms with van der Waals surface area (Å²) in [5.41, 5.74) is 0.394. The molecule has 0 fully saturated rings. The third-order valence-corrected chi connectivity index (χ3v) is 2.44. The molecule has 0 amide bonds. The first kappa shape index (κ1) is 9.91. The monoisotopic (exact) mass is 223 g/mol. The van der Waals surface area contributed by atoms with E-state index in [2.05, 4.69) is 18.8 Å². The third-order valence-electron chi connectivity index (χ3n) is 1.96. The number of carbonyl (C=O) groups is 1. The van der Waals surface area contributed by atoms with Gasteiger partial charge in [0.15, 0.2) is 5.78 Å². The minimum Gasteiger partial charge on any atom is -0.292 e. The maximum atomic E-state index is 11.7. The first-order valence-electron chi connectivity index (χ1n) is 4.48. The fourth-order valence-corrected chi connectivity index (χ4v) is 1.64. The Kier molecular flexibility index (Phi) is 2.82. The SMILES string of the molecule is CCn1ncnc1CC(=O)c1cnsn1. The Balaban J connectivity index is 2.13. The van der Waals surface area contributed by atoms with Crippen molar-refractivity contribution < 1.29 is 4.79 Å². The fraction of sp³-hybridized carbons (Fsp3) is 0.375. The van der Waals surface area contributed by atoms with Crippen LogP contribution in [0.4, 0.5) is 0 Å². The van der Waals surface area contributed by atoms with Crippen LogP contribution >= 0.6 is 11.7 Å². The average molecular weight is 223 g/mol. The lowest BCUT2D eigenvalue weighted by atomic mass is 10.2. The van der Waals surface area contributed by atoms with Gasteiger partial charge in [0.25, 0.3) is 0 Å². The number of nitrogens with zero attached hydrogens (tertiary/aromatic N) is 5. The second-order valence-electron chi connectivity index (χ2n) is 2.88. The molecule has 2 rings (SSSR count). The third kappa shape index (κ3) is 2.07. The summed E-state index contributed by atoms with van der Waals surface area (Å²) < 4.78 is 9.35.